The molecule has 0 aliphatic rings. The van der Waals surface area contributed by atoms with E-state index in [9.17, 15) is 4.79 Å². The Morgan fingerprint density at radius 1 is 0.500 bits per heavy atom. The second kappa shape index (κ2) is 27.5. The molecule has 0 radical (unpaired) electrons. The maximum atomic E-state index is 10.5. The first-order valence-electron chi connectivity index (χ1n) is 15.0. The summed E-state index contributed by atoms with van der Waals surface area (Å²) in [5.41, 5.74) is 0. The third-order valence-corrected chi connectivity index (χ3v) is 7.27. The summed E-state index contributed by atoms with van der Waals surface area (Å²) in [6, 6.07) is 0. The highest BCUT2D eigenvalue weighted by Crippen LogP contribution is 2.15. The van der Waals surface area contributed by atoms with Crippen LogP contribution < -0.4 is 17.0 Å². The van der Waals surface area contributed by atoms with E-state index >= 15 is 0 Å². The van der Waals surface area contributed by atoms with Crippen LogP contribution in [0.5, 0.6) is 0 Å². The van der Waals surface area contributed by atoms with Crippen LogP contribution in [0.3, 0.4) is 0 Å². The van der Waals surface area contributed by atoms with Gasteiger partial charge in [-0.1, -0.05) is 122 Å². The van der Waals surface area contributed by atoms with Crippen molar-refractivity contribution in [2.24, 2.45) is 0 Å². The molecule has 0 aliphatic heterocycles. The zero-order chi connectivity index (χ0) is 24.5. The van der Waals surface area contributed by atoms with Crippen LogP contribution in [0, 0.1) is 0 Å². The van der Waals surface area contributed by atoms with Gasteiger partial charge in [-0.15, -0.1) is 0 Å². The molecule has 4 heteroatoms. The predicted molar refractivity (Wildman–Crippen MR) is 146 cm³/mol. The lowest BCUT2D eigenvalue weighted by atomic mass is 10.0. The molecule has 0 unspecified atom stereocenters. The predicted octanol–water partition coefficient (Wildman–Crippen LogP) is 6.53. The number of unbranched alkanes of at least 4 members (excludes halogenated alkanes) is 21. The van der Waals surface area contributed by atoms with Crippen molar-refractivity contribution >= 4 is 5.97 Å². The zero-order valence-electron chi connectivity index (χ0n) is 23.6. The molecular formula is C30H62BrNO2. The first kappa shape index (κ1) is 36.1. The third kappa shape index (κ3) is 29.9. The summed E-state index contributed by atoms with van der Waals surface area (Å²) >= 11 is 0. The second-order valence-corrected chi connectivity index (χ2v) is 11.3. The van der Waals surface area contributed by atoms with Crippen LogP contribution in [0.15, 0.2) is 0 Å². The van der Waals surface area contributed by atoms with Gasteiger partial charge in [-0.25, -0.2) is 0 Å². The maximum absolute atomic E-state index is 10.5. The molecule has 0 saturated carbocycles. The Kier molecular flexibility index (Phi) is 29.2. The number of nitrogens with zero attached hydrogens (tertiary/aromatic N) is 1. The average molecular weight is 549 g/mol. The molecule has 0 heterocycles. The number of aliphatic carboxylic acids is 1. The smallest absolute Gasteiger partial charge is 0.303 e. The minimum Gasteiger partial charge on any atom is -1.00 e. The highest BCUT2D eigenvalue weighted by Gasteiger charge is 2.13. The van der Waals surface area contributed by atoms with Crippen molar-refractivity contribution in [1.29, 1.82) is 0 Å². The normalized spacial score (nSPS) is 11.5. The summed E-state index contributed by atoms with van der Waals surface area (Å²) in [5, 5.41) is 8.64. The number of carbonyl (C=O) groups is 1. The maximum Gasteiger partial charge on any atom is 0.303 e. The summed E-state index contributed by atoms with van der Waals surface area (Å²) in [6.07, 6.45) is 31.7. The second-order valence-electron chi connectivity index (χ2n) is 11.3. The molecule has 0 bridgehead atoms. The highest BCUT2D eigenvalue weighted by atomic mass is 79.9. The summed E-state index contributed by atoms with van der Waals surface area (Å²) in [5.74, 6) is -0.653. The van der Waals surface area contributed by atoms with Gasteiger partial charge in [0.25, 0.3) is 0 Å². The molecule has 0 saturated heterocycles. The van der Waals surface area contributed by atoms with E-state index in [2.05, 4.69) is 21.0 Å². The quantitative estimate of drug-likeness (QED) is 0.0936. The van der Waals surface area contributed by atoms with Gasteiger partial charge in [-0.05, 0) is 32.1 Å². The van der Waals surface area contributed by atoms with Crippen LogP contribution in [0.1, 0.15) is 161 Å². The van der Waals surface area contributed by atoms with E-state index in [0.717, 1.165) is 12.8 Å². The molecule has 206 valence electrons. The van der Waals surface area contributed by atoms with Crippen LogP contribution in [0.25, 0.3) is 0 Å². The molecule has 3 nitrogen and oxygen atoms in total. The lowest BCUT2D eigenvalue weighted by Gasteiger charge is -2.30. The summed E-state index contributed by atoms with van der Waals surface area (Å²) in [4.78, 5) is 10.5. The number of rotatable bonds is 27. The van der Waals surface area contributed by atoms with Crippen molar-refractivity contribution in [2.75, 3.05) is 27.2 Å². The number of hydrogen-bond acceptors (Lipinski definition) is 1. The first-order valence-corrected chi connectivity index (χ1v) is 15.0. The SMILES string of the molecule is CCCCCCCCCCCCCCCCC[N+](C)(C)CCCCCCCCCCC(=O)O.[Br-]. The van der Waals surface area contributed by atoms with E-state index in [0.29, 0.717) is 6.42 Å². The molecule has 0 amide bonds. The van der Waals surface area contributed by atoms with Crippen molar-refractivity contribution in [1.82, 2.24) is 0 Å². The number of hydrogen-bond donors (Lipinski definition) is 1. The molecule has 34 heavy (non-hydrogen) atoms. The van der Waals surface area contributed by atoms with Gasteiger partial charge in [0.1, 0.15) is 0 Å². The third-order valence-electron chi connectivity index (χ3n) is 7.27. The van der Waals surface area contributed by atoms with E-state index in [1.807, 2.05) is 0 Å². The highest BCUT2D eigenvalue weighted by molar-refractivity contribution is 5.66. The minimum absolute atomic E-state index is 0. The number of carboxylic acids is 1. The monoisotopic (exact) mass is 547 g/mol. The standard InChI is InChI=1S/C30H61NO2.BrH/c1-4-5-6-7-8-9-10-11-12-13-14-16-19-22-25-28-31(2,3)29-26-23-20-17-15-18-21-24-27-30(32)33;/h4-29H2,1-3H3;1H. The van der Waals surface area contributed by atoms with Gasteiger partial charge >= 0.3 is 5.97 Å². The molecule has 0 spiro atoms. The first-order chi connectivity index (χ1) is 16.0. The Labute approximate surface area is 225 Å². The molecule has 0 rings (SSSR count). The zero-order valence-corrected chi connectivity index (χ0v) is 25.2. The fourth-order valence-electron chi connectivity index (χ4n) is 4.90. The topological polar surface area (TPSA) is 37.3 Å². The molecule has 0 aromatic rings. The molecule has 0 aromatic carbocycles. The fourth-order valence-corrected chi connectivity index (χ4v) is 4.90. The largest absolute Gasteiger partial charge is 1.00 e. The summed E-state index contributed by atoms with van der Waals surface area (Å²) < 4.78 is 1.19. The van der Waals surface area contributed by atoms with Crippen molar-refractivity contribution in [2.45, 2.75) is 161 Å². The van der Waals surface area contributed by atoms with E-state index < -0.39 is 5.97 Å². The summed E-state index contributed by atoms with van der Waals surface area (Å²) in [6.45, 7) is 4.95. The van der Waals surface area contributed by atoms with Gasteiger partial charge in [0.05, 0.1) is 27.2 Å². The van der Waals surface area contributed by atoms with Gasteiger partial charge in [-0.3, -0.25) is 4.79 Å². The molecule has 0 fully saturated rings. The van der Waals surface area contributed by atoms with Crippen molar-refractivity contribution in [3.8, 4) is 0 Å². The van der Waals surface area contributed by atoms with Gasteiger partial charge in [-0.2, -0.15) is 0 Å². The van der Waals surface area contributed by atoms with Gasteiger partial charge in [0.2, 0.25) is 0 Å². The van der Waals surface area contributed by atoms with Crippen LogP contribution in [0.4, 0.5) is 0 Å². The van der Waals surface area contributed by atoms with Crippen molar-refractivity contribution in [3.63, 3.8) is 0 Å². The van der Waals surface area contributed by atoms with E-state index in [4.69, 9.17) is 5.11 Å². The van der Waals surface area contributed by atoms with E-state index in [1.54, 1.807) is 0 Å². The van der Waals surface area contributed by atoms with E-state index in [-0.39, 0.29) is 17.0 Å². The molecular weight excluding hydrogens is 486 g/mol. The van der Waals surface area contributed by atoms with Crippen LogP contribution in [0.2, 0.25) is 0 Å². The molecule has 0 aromatic heterocycles. The Bertz CT molecular complexity index is 415. The molecule has 0 aliphatic carbocycles. The van der Waals surface area contributed by atoms with Gasteiger partial charge in [0, 0.05) is 6.42 Å². The molecule has 1 N–H and O–H groups in total. The van der Waals surface area contributed by atoms with Crippen LogP contribution >= 0.6 is 0 Å². The lowest BCUT2D eigenvalue weighted by Crippen LogP contribution is -3.00. The average Bonchev–Trinajstić information content (AvgIpc) is 2.77. The van der Waals surface area contributed by atoms with Gasteiger partial charge < -0.3 is 26.6 Å². The number of carboxylic acid groups (broad SMARTS) is 1. The van der Waals surface area contributed by atoms with Crippen LogP contribution in [-0.2, 0) is 4.79 Å². The Hall–Kier alpha value is -0.0900. The Morgan fingerprint density at radius 3 is 1.06 bits per heavy atom. The van der Waals surface area contributed by atoms with Gasteiger partial charge in [0.15, 0.2) is 0 Å². The van der Waals surface area contributed by atoms with E-state index in [1.165, 1.54) is 152 Å². The van der Waals surface area contributed by atoms with Crippen molar-refractivity contribution < 1.29 is 31.4 Å². The van der Waals surface area contributed by atoms with Crippen LogP contribution in [-0.4, -0.2) is 42.7 Å². The fraction of sp³-hybridized carbons (Fsp3) is 0.967. The lowest BCUT2D eigenvalue weighted by molar-refractivity contribution is -0.890. The Balaban J connectivity index is 0. The number of halogens is 1. The van der Waals surface area contributed by atoms with Crippen molar-refractivity contribution in [3.05, 3.63) is 0 Å². The molecule has 0 atom stereocenters. The minimum atomic E-state index is -0.653. The number of quaternary nitrogens is 1. The Morgan fingerprint density at radius 2 is 0.765 bits per heavy atom. The summed E-state index contributed by atoms with van der Waals surface area (Å²) in [7, 11) is 4.82.